The highest BCUT2D eigenvalue weighted by Crippen LogP contribution is 2.17. The van der Waals surface area contributed by atoms with Crippen LogP contribution in [0.2, 0.25) is 0 Å². The van der Waals surface area contributed by atoms with Gasteiger partial charge in [0.25, 0.3) is 0 Å². The van der Waals surface area contributed by atoms with Gasteiger partial charge in [-0.05, 0) is 19.4 Å². The summed E-state index contributed by atoms with van der Waals surface area (Å²) in [6, 6.07) is 7.20. The molecule has 1 aromatic carbocycles. The van der Waals surface area contributed by atoms with Gasteiger partial charge in [0.1, 0.15) is 11.7 Å². The molecule has 112 valence electrons. The Hall–Kier alpha value is -2.50. The quantitative estimate of drug-likeness (QED) is 0.468. The molecule has 0 aromatic heterocycles. The van der Waals surface area contributed by atoms with Crippen molar-refractivity contribution in [3.05, 3.63) is 35.9 Å². The first kappa shape index (κ1) is 16.6. The van der Waals surface area contributed by atoms with Gasteiger partial charge in [-0.1, -0.05) is 30.3 Å². The Morgan fingerprint density at radius 3 is 2.38 bits per heavy atom. The zero-order chi connectivity index (χ0) is 15.8. The Balaban J connectivity index is 2.98. The van der Waals surface area contributed by atoms with Crippen LogP contribution in [0.25, 0.3) is 0 Å². The van der Waals surface area contributed by atoms with E-state index < -0.39 is 29.7 Å². The number of ketones is 1. The molecule has 0 aliphatic rings. The average Bonchev–Trinajstić information content (AvgIpc) is 2.43. The highest BCUT2D eigenvalue weighted by atomic mass is 16.5. The molecule has 0 radical (unpaired) electrons. The lowest BCUT2D eigenvalue weighted by Crippen LogP contribution is -2.26. The van der Waals surface area contributed by atoms with E-state index in [-0.39, 0.29) is 6.61 Å². The Morgan fingerprint density at radius 1 is 1.29 bits per heavy atom. The number of esters is 1. The summed E-state index contributed by atoms with van der Waals surface area (Å²) < 4.78 is 4.77. The van der Waals surface area contributed by atoms with Gasteiger partial charge in [-0.25, -0.2) is 4.79 Å². The maximum atomic E-state index is 11.6. The lowest BCUT2D eigenvalue weighted by atomic mass is 10.1. The number of ether oxygens (including phenoxy) is 1. The van der Waals surface area contributed by atoms with Gasteiger partial charge in [0.05, 0.1) is 6.61 Å². The van der Waals surface area contributed by atoms with Crippen molar-refractivity contribution in [2.45, 2.75) is 19.9 Å². The van der Waals surface area contributed by atoms with E-state index in [0.717, 1.165) is 6.21 Å². The molecule has 1 rings (SSSR count). The number of aliphatic carboxylic acids is 1. The van der Waals surface area contributed by atoms with Crippen LogP contribution in [0.15, 0.2) is 35.3 Å². The Labute approximate surface area is 122 Å². The number of hydrogen-bond acceptors (Lipinski definition) is 5. The summed E-state index contributed by atoms with van der Waals surface area (Å²) in [5.41, 5.74) is 0.465. The molecule has 0 amide bonds. The maximum absolute atomic E-state index is 11.6. The number of carboxylic acid groups (broad SMARTS) is 1. The minimum atomic E-state index is -1.18. The predicted octanol–water partition coefficient (Wildman–Crippen LogP) is 1.65. The Morgan fingerprint density at radius 2 is 1.90 bits per heavy atom. The smallest absolute Gasteiger partial charge is 0.333 e. The number of aliphatic imine (C=N–C) groups is 1. The molecule has 0 spiro atoms. The standard InChI is InChI=1S/C15H17NO5/c1-3-21-15(20)12(10(2)17)9-16-13(14(18)19)11-7-5-4-6-8-11/h4-9,12-13H,3H2,1-2H3,(H,18,19)/t12-,13-/m0/s1. The van der Waals surface area contributed by atoms with Gasteiger partial charge in [-0.15, -0.1) is 0 Å². The molecule has 0 bridgehead atoms. The van der Waals surface area contributed by atoms with Crippen molar-refractivity contribution in [1.82, 2.24) is 0 Å². The van der Waals surface area contributed by atoms with Crippen LogP contribution in [-0.2, 0) is 19.1 Å². The zero-order valence-electron chi connectivity index (χ0n) is 11.9. The fourth-order valence-electron chi connectivity index (χ4n) is 1.66. The van der Waals surface area contributed by atoms with Crippen molar-refractivity contribution in [2.24, 2.45) is 10.9 Å². The topological polar surface area (TPSA) is 93.0 Å². The van der Waals surface area contributed by atoms with Crippen molar-refractivity contribution in [1.29, 1.82) is 0 Å². The first-order valence-electron chi connectivity index (χ1n) is 6.45. The van der Waals surface area contributed by atoms with E-state index >= 15 is 0 Å². The van der Waals surface area contributed by atoms with Crippen molar-refractivity contribution >= 4 is 23.9 Å². The van der Waals surface area contributed by atoms with Crippen molar-refractivity contribution in [3.63, 3.8) is 0 Å². The van der Waals surface area contributed by atoms with Gasteiger partial charge in [0.2, 0.25) is 0 Å². The molecule has 0 aliphatic heterocycles. The highest BCUT2D eigenvalue weighted by molar-refractivity contribution is 6.11. The van der Waals surface area contributed by atoms with E-state index in [0.29, 0.717) is 5.56 Å². The molecular weight excluding hydrogens is 274 g/mol. The van der Waals surface area contributed by atoms with Crippen molar-refractivity contribution in [2.75, 3.05) is 6.61 Å². The van der Waals surface area contributed by atoms with Gasteiger partial charge in [0.15, 0.2) is 6.04 Å². The SMILES string of the molecule is CCOC(=O)[C@@H](C=N[C@H](C(=O)O)c1ccccc1)C(C)=O. The van der Waals surface area contributed by atoms with E-state index in [1.807, 2.05) is 0 Å². The summed E-state index contributed by atoms with van der Waals surface area (Å²) in [6.07, 6.45) is 1.05. The second-order valence-corrected chi connectivity index (χ2v) is 4.29. The van der Waals surface area contributed by atoms with Crippen LogP contribution in [0.1, 0.15) is 25.5 Å². The number of rotatable bonds is 7. The number of carboxylic acids is 1. The van der Waals surface area contributed by atoms with Crippen LogP contribution in [0, 0.1) is 5.92 Å². The van der Waals surface area contributed by atoms with E-state index in [9.17, 15) is 19.5 Å². The van der Waals surface area contributed by atoms with Crippen LogP contribution in [-0.4, -0.2) is 35.6 Å². The molecule has 0 saturated heterocycles. The minimum Gasteiger partial charge on any atom is -0.479 e. The first-order chi connectivity index (χ1) is 9.97. The number of carbonyl (C=O) groups is 3. The number of hydrogen-bond donors (Lipinski definition) is 1. The van der Waals surface area contributed by atoms with Gasteiger partial charge in [-0.3, -0.25) is 14.6 Å². The first-order valence-corrected chi connectivity index (χ1v) is 6.45. The highest BCUT2D eigenvalue weighted by Gasteiger charge is 2.24. The summed E-state index contributed by atoms with van der Waals surface area (Å²) in [6.45, 7) is 2.99. The summed E-state index contributed by atoms with van der Waals surface area (Å²) in [5, 5.41) is 9.21. The van der Waals surface area contributed by atoms with E-state index in [1.54, 1.807) is 37.3 Å². The van der Waals surface area contributed by atoms with E-state index in [1.165, 1.54) is 6.92 Å². The van der Waals surface area contributed by atoms with Crippen LogP contribution >= 0.6 is 0 Å². The normalized spacial score (nSPS) is 13.6. The fourth-order valence-corrected chi connectivity index (χ4v) is 1.66. The zero-order valence-corrected chi connectivity index (χ0v) is 11.9. The van der Waals surface area contributed by atoms with E-state index in [4.69, 9.17) is 4.74 Å². The molecule has 1 N–H and O–H groups in total. The molecule has 6 nitrogen and oxygen atoms in total. The molecule has 0 unspecified atom stereocenters. The number of benzene rings is 1. The number of Topliss-reactive ketones (excluding diaryl/α,β-unsaturated/α-hetero) is 1. The van der Waals surface area contributed by atoms with Gasteiger partial charge < -0.3 is 9.84 Å². The third-order valence-electron chi connectivity index (χ3n) is 2.71. The predicted molar refractivity (Wildman–Crippen MR) is 76.1 cm³/mol. The molecule has 6 heteroatoms. The summed E-state index contributed by atoms with van der Waals surface area (Å²) in [4.78, 5) is 38.2. The molecule has 21 heavy (non-hydrogen) atoms. The second-order valence-electron chi connectivity index (χ2n) is 4.29. The molecule has 0 saturated carbocycles. The molecule has 0 fully saturated rings. The van der Waals surface area contributed by atoms with Crippen LogP contribution in [0.3, 0.4) is 0 Å². The third kappa shape index (κ3) is 4.83. The van der Waals surface area contributed by atoms with Crippen molar-refractivity contribution in [3.8, 4) is 0 Å². The van der Waals surface area contributed by atoms with Crippen LogP contribution < -0.4 is 0 Å². The summed E-state index contributed by atoms with van der Waals surface area (Å²) >= 11 is 0. The monoisotopic (exact) mass is 291 g/mol. The van der Waals surface area contributed by atoms with E-state index in [2.05, 4.69) is 4.99 Å². The second kappa shape index (κ2) is 7.94. The van der Waals surface area contributed by atoms with Gasteiger partial charge >= 0.3 is 11.9 Å². The Kier molecular flexibility index (Phi) is 6.26. The van der Waals surface area contributed by atoms with Gasteiger partial charge in [0, 0.05) is 6.21 Å². The number of nitrogens with zero attached hydrogens (tertiary/aromatic N) is 1. The maximum Gasteiger partial charge on any atom is 0.333 e. The third-order valence-corrected chi connectivity index (χ3v) is 2.71. The molecule has 2 atom stereocenters. The average molecular weight is 291 g/mol. The van der Waals surface area contributed by atoms with Crippen molar-refractivity contribution < 1.29 is 24.2 Å². The largest absolute Gasteiger partial charge is 0.479 e. The molecule has 0 aliphatic carbocycles. The van der Waals surface area contributed by atoms with Gasteiger partial charge in [-0.2, -0.15) is 0 Å². The van der Waals surface area contributed by atoms with Crippen LogP contribution in [0.5, 0.6) is 0 Å². The fraction of sp³-hybridized carbons (Fsp3) is 0.333. The lowest BCUT2D eigenvalue weighted by Gasteiger charge is -2.10. The summed E-state index contributed by atoms with van der Waals surface area (Å²) in [7, 11) is 0. The molecular formula is C15H17NO5. The minimum absolute atomic E-state index is 0.136. The number of carbonyl (C=O) groups excluding carboxylic acids is 2. The summed E-state index contributed by atoms with van der Waals surface area (Å²) in [5.74, 6) is -3.53. The lowest BCUT2D eigenvalue weighted by molar-refractivity contribution is -0.148. The molecule has 0 heterocycles. The van der Waals surface area contributed by atoms with Crippen LogP contribution in [0.4, 0.5) is 0 Å². The molecule has 1 aromatic rings. The Bertz CT molecular complexity index is 538.